The molecule has 3 N–H and O–H groups in total. The van der Waals surface area contributed by atoms with Gasteiger partial charge in [0.05, 0.1) is 16.9 Å². The second-order valence-corrected chi connectivity index (χ2v) is 4.94. The number of nitrogens with two attached hydrogens (primary N) is 1. The summed E-state index contributed by atoms with van der Waals surface area (Å²) in [6, 6.07) is 1.67. The predicted octanol–water partition coefficient (Wildman–Crippen LogP) is 1.85. The molecule has 1 amide bonds. The van der Waals surface area contributed by atoms with Gasteiger partial charge in [0.25, 0.3) is 5.91 Å². The van der Waals surface area contributed by atoms with E-state index in [0.29, 0.717) is 6.61 Å². The van der Waals surface area contributed by atoms with Crippen molar-refractivity contribution in [3.8, 4) is 0 Å². The Hall–Kier alpha value is -1.69. The number of carbonyl (C=O) groups excluding carboxylic acids is 1. The van der Waals surface area contributed by atoms with E-state index in [-0.39, 0.29) is 17.8 Å². The highest BCUT2D eigenvalue weighted by Crippen LogP contribution is 2.24. The lowest BCUT2D eigenvalue weighted by Gasteiger charge is -2.23. The third kappa shape index (κ3) is 3.01. The van der Waals surface area contributed by atoms with E-state index in [9.17, 15) is 13.6 Å². The Morgan fingerprint density at radius 3 is 2.89 bits per heavy atom. The van der Waals surface area contributed by atoms with Crippen molar-refractivity contribution in [2.24, 2.45) is 0 Å². The van der Waals surface area contributed by atoms with Gasteiger partial charge in [-0.05, 0) is 31.9 Å². The molecule has 1 aliphatic heterocycles. The Morgan fingerprint density at radius 2 is 2.26 bits per heavy atom. The molecule has 0 aliphatic carbocycles. The standard InChI is InChI=1S/C13H16F2N2O2/c1-13(3-2-4-19-13)7-17-12(18)9-5-8(14)6-10(16)11(9)15/h5-6H,2-4,7,16H2,1H3,(H,17,18). The number of amides is 1. The molecule has 0 saturated carbocycles. The molecular formula is C13H16F2N2O2. The zero-order valence-corrected chi connectivity index (χ0v) is 10.6. The van der Waals surface area contributed by atoms with Crippen LogP contribution in [0.4, 0.5) is 14.5 Å². The van der Waals surface area contributed by atoms with Gasteiger partial charge in [0, 0.05) is 13.2 Å². The van der Waals surface area contributed by atoms with Gasteiger partial charge in [-0.3, -0.25) is 4.79 Å². The van der Waals surface area contributed by atoms with E-state index in [2.05, 4.69) is 5.32 Å². The number of hydrogen-bond acceptors (Lipinski definition) is 3. The summed E-state index contributed by atoms with van der Waals surface area (Å²) in [4.78, 5) is 11.8. The number of carbonyl (C=O) groups is 1. The van der Waals surface area contributed by atoms with Gasteiger partial charge in [-0.25, -0.2) is 8.78 Å². The summed E-state index contributed by atoms with van der Waals surface area (Å²) in [5.41, 5.74) is 4.07. The van der Waals surface area contributed by atoms with Crippen molar-refractivity contribution in [3.63, 3.8) is 0 Å². The maximum Gasteiger partial charge on any atom is 0.254 e. The molecule has 104 valence electrons. The molecule has 1 saturated heterocycles. The highest BCUT2D eigenvalue weighted by Gasteiger charge is 2.30. The van der Waals surface area contributed by atoms with Gasteiger partial charge in [0.2, 0.25) is 0 Å². The Morgan fingerprint density at radius 1 is 1.53 bits per heavy atom. The fourth-order valence-electron chi connectivity index (χ4n) is 2.11. The Balaban J connectivity index is 2.08. The van der Waals surface area contributed by atoms with Gasteiger partial charge in [-0.15, -0.1) is 0 Å². The van der Waals surface area contributed by atoms with Crippen LogP contribution in [0.5, 0.6) is 0 Å². The lowest BCUT2D eigenvalue weighted by Crippen LogP contribution is -2.40. The fraction of sp³-hybridized carbons (Fsp3) is 0.462. The van der Waals surface area contributed by atoms with Crippen molar-refractivity contribution in [1.29, 1.82) is 0 Å². The number of nitrogens with one attached hydrogen (secondary N) is 1. The first-order chi connectivity index (χ1) is 8.91. The normalized spacial score (nSPS) is 22.5. The summed E-state index contributed by atoms with van der Waals surface area (Å²) in [5, 5.41) is 2.55. The maximum absolute atomic E-state index is 13.6. The molecule has 2 rings (SSSR count). The van der Waals surface area contributed by atoms with Crippen molar-refractivity contribution in [2.75, 3.05) is 18.9 Å². The van der Waals surface area contributed by atoms with E-state index in [0.717, 1.165) is 25.0 Å². The Kier molecular flexibility index (Phi) is 3.71. The molecule has 4 nitrogen and oxygen atoms in total. The van der Waals surface area contributed by atoms with Crippen LogP contribution in [-0.2, 0) is 4.74 Å². The van der Waals surface area contributed by atoms with Gasteiger partial charge in [0.1, 0.15) is 5.82 Å². The van der Waals surface area contributed by atoms with E-state index in [1.807, 2.05) is 6.92 Å². The van der Waals surface area contributed by atoms with Crippen molar-refractivity contribution in [2.45, 2.75) is 25.4 Å². The maximum atomic E-state index is 13.6. The monoisotopic (exact) mass is 270 g/mol. The molecule has 0 bridgehead atoms. The molecule has 19 heavy (non-hydrogen) atoms. The molecule has 1 aromatic rings. The SMILES string of the molecule is CC1(CNC(=O)c2cc(F)cc(N)c2F)CCCO1. The molecule has 6 heteroatoms. The van der Waals surface area contributed by atoms with Gasteiger partial charge < -0.3 is 15.8 Å². The van der Waals surface area contributed by atoms with Gasteiger partial charge in [-0.2, -0.15) is 0 Å². The van der Waals surface area contributed by atoms with Crippen LogP contribution >= 0.6 is 0 Å². The summed E-state index contributed by atoms with van der Waals surface area (Å²) in [7, 11) is 0. The van der Waals surface area contributed by atoms with E-state index in [1.54, 1.807) is 0 Å². The molecule has 1 aromatic carbocycles. The molecule has 1 heterocycles. The van der Waals surface area contributed by atoms with Gasteiger partial charge >= 0.3 is 0 Å². The van der Waals surface area contributed by atoms with Gasteiger partial charge in [0.15, 0.2) is 5.82 Å². The van der Waals surface area contributed by atoms with E-state index in [4.69, 9.17) is 10.5 Å². The first-order valence-electron chi connectivity index (χ1n) is 6.08. The summed E-state index contributed by atoms with van der Waals surface area (Å²) in [6.45, 7) is 2.77. The third-order valence-electron chi connectivity index (χ3n) is 3.23. The first kappa shape index (κ1) is 13.7. The zero-order valence-electron chi connectivity index (χ0n) is 10.6. The van der Waals surface area contributed by atoms with E-state index in [1.165, 1.54) is 0 Å². The number of nitrogen functional groups attached to an aromatic ring is 1. The number of rotatable bonds is 3. The minimum absolute atomic E-state index is 0.252. The molecule has 0 radical (unpaired) electrons. The summed E-state index contributed by atoms with van der Waals surface area (Å²) < 4.78 is 32.3. The summed E-state index contributed by atoms with van der Waals surface area (Å²) >= 11 is 0. The molecule has 1 aliphatic rings. The van der Waals surface area contributed by atoms with Crippen LogP contribution in [0.15, 0.2) is 12.1 Å². The molecule has 1 atom stereocenters. The number of ether oxygens (including phenoxy) is 1. The minimum Gasteiger partial charge on any atom is -0.396 e. The highest BCUT2D eigenvalue weighted by atomic mass is 19.1. The van der Waals surface area contributed by atoms with Crippen LogP contribution in [0.2, 0.25) is 0 Å². The predicted molar refractivity (Wildman–Crippen MR) is 66.7 cm³/mol. The first-order valence-corrected chi connectivity index (χ1v) is 6.08. The fourth-order valence-corrected chi connectivity index (χ4v) is 2.11. The van der Waals surface area contributed by atoms with E-state index >= 15 is 0 Å². The topological polar surface area (TPSA) is 64.4 Å². The molecular weight excluding hydrogens is 254 g/mol. The zero-order chi connectivity index (χ0) is 14.0. The van der Waals surface area contributed by atoms with Crippen LogP contribution in [0, 0.1) is 11.6 Å². The smallest absolute Gasteiger partial charge is 0.254 e. The van der Waals surface area contributed by atoms with Crippen LogP contribution in [-0.4, -0.2) is 24.7 Å². The highest BCUT2D eigenvalue weighted by molar-refractivity contribution is 5.95. The van der Waals surface area contributed by atoms with Crippen LogP contribution in [0.3, 0.4) is 0 Å². The lowest BCUT2D eigenvalue weighted by atomic mass is 10.0. The second-order valence-electron chi connectivity index (χ2n) is 4.94. The minimum atomic E-state index is -0.906. The Bertz CT molecular complexity index is 500. The number of benzene rings is 1. The number of halogens is 2. The van der Waals surface area contributed by atoms with Crippen molar-refractivity contribution in [3.05, 3.63) is 29.3 Å². The van der Waals surface area contributed by atoms with Crippen molar-refractivity contribution < 1.29 is 18.3 Å². The van der Waals surface area contributed by atoms with Crippen LogP contribution < -0.4 is 11.1 Å². The van der Waals surface area contributed by atoms with E-state index < -0.39 is 23.1 Å². The lowest BCUT2D eigenvalue weighted by molar-refractivity contribution is 0.0205. The summed E-state index contributed by atoms with van der Waals surface area (Å²) in [5.74, 6) is -2.34. The average molecular weight is 270 g/mol. The van der Waals surface area contributed by atoms with Crippen molar-refractivity contribution in [1.82, 2.24) is 5.32 Å². The largest absolute Gasteiger partial charge is 0.396 e. The second kappa shape index (κ2) is 5.13. The number of anilines is 1. The molecule has 1 unspecified atom stereocenters. The average Bonchev–Trinajstić information content (AvgIpc) is 2.78. The molecule has 0 aromatic heterocycles. The molecule has 1 fully saturated rings. The van der Waals surface area contributed by atoms with Crippen LogP contribution in [0.25, 0.3) is 0 Å². The Labute approximate surface area is 109 Å². The van der Waals surface area contributed by atoms with Crippen molar-refractivity contribution >= 4 is 11.6 Å². The summed E-state index contributed by atoms with van der Waals surface area (Å²) in [6.07, 6.45) is 1.74. The quantitative estimate of drug-likeness (QED) is 0.824. The van der Waals surface area contributed by atoms with Gasteiger partial charge in [-0.1, -0.05) is 0 Å². The van der Waals surface area contributed by atoms with Crippen LogP contribution in [0.1, 0.15) is 30.1 Å². The number of hydrogen-bond donors (Lipinski definition) is 2. The molecule has 0 spiro atoms. The third-order valence-corrected chi connectivity index (χ3v) is 3.23.